The monoisotopic (exact) mass is 263 g/mol. The molecule has 1 saturated heterocycles. The van der Waals surface area contributed by atoms with Gasteiger partial charge in [0.1, 0.15) is 0 Å². The van der Waals surface area contributed by atoms with Crippen molar-refractivity contribution in [2.24, 2.45) is 5.41 Å². The molecule has 1 aliphatic heterocycles. The molecular weight excluding hydrogens is 238 g/mol. The van der Waals surface area contributed by atoms with Crippen molar-refractivity contribution in [2.75, 3.05) is 33.3 Å². The van der Waals surface area contributed by atoms with Gasteiger partial charge in [0.25, 0.3) is 0 Å². The normalized spacial score (nSPS) is 25.2. The van der Waals surface area contributed by atoms with Gasteiger partial charge in [-0.25, -0.2) is 0 Å². The first-order chi connectivity index (χ1) is 9.00. The Morgan fingerprint density at radius 2 is 2.16 bits per heavy atom. The number of aromatic nitrogens is 1. The Kier molecular flexibility index (Phi) is 4.55. The summed E-state index contributed by atoms with van der Waals surface area (Å²) in [5, 5.41) is 9.66. The number of aliphatic hydroxyl groups is 1. The highest BCUT2D eigenvalue weighted by atomic mass is 16.3. The molecule has 106 valence electrons. The summed E-state index contributed by atoms with van der Waals surface area (Å²) in [6, 6.07) is 6.20. The second-order valence-corrected chi connectivity index (χ2v) is 6.42. The van der Waals surface area contributed by atoms with E-state index in [2.05, 4.69) is 41.7 Å². The quantitative estimate of drug-likeness (QED) is 0.890. The topological polar surface area (TPSA) is 39.6 Å². The van der Waals surface area contributed by atoms with Crippen LogP contribution in [-0.4, -0.2) is 59.2 Å². The van der Waals surface area contributed by atoms with Crippen LogP contribution in [0.15, 0.2) is 24.4 Å². The van der Waals surface area contributed by atoms with Crippen LogP contribution in [0.3, 0.4) is 0 Å². The summed E-state index contributed by atoms with van der Waals surface area (Å²) in [6.07, 6.45) is 1.83. The van der Waals surface area contributed by atoms with Crippen LogP contribution < -0.4 is 0 Å². The fourth-order valence-corrected chi connectivity index (χ4v) is 3.06. The standard InChI is InChI=1S/C15H25N3O/c1-15(2)11-17(3)9-14(10-19)18(12-15)8-13-6-4-5-7-16-13/h4-7,14,19H,8-12H2,1-3H3. The van der Waals surface area contributed by atoms with E-state index in [9.17, 15) is 5.11 Å². The van der Waals surface area contributed by atoms with Gasteiger partial charge < -0.3 is 10.0 Å². The highest BCUT2D eigenvalue weighted by Gasteiger charge is 2.32. The van der Waals surface area contributed by atoms with E-state index < -0.39 is 0 Å². The minimum absolute atomic E-state index is 0.189. The van der Waals surface area contributed by atoms with Gasteiger partial charge in [0.2, 0.25) is 0 Å². The molecule has 0 bridgehead atoms. The number of hydrogen-bond acceptors (Lipinski definition) is 4. The average molecular weight is 263 g/mol. The van der Waals surface area contributed by atoms with Crippen LogP contribution in [0.1, 0.15) is 19.5 Å². The maximum absolute atomic E-state index is 9.66. The molecule has 1 unspecified atom stereocenters. The van der Waals surface area contributed by atoms with E-state index >= 15 is 0 Å². The number of pyridine rings is 1. The molecular formula is C15H25N3O. The second-order valence-electron chi connectivity index (χ2n) is 6.42. The van der Waals surface area contributed by atoms with Gasteiger partial charge in [0.05, 0.1) is 12.3 Å². The summed E-state index contributed by atoms with van der Waals surface area (Å²) in [7, 11) is 2.13. The van der Waals surface area contributed by atoms with Crippen molar-refractivity contribution in [3.05, 3.63) is 30.1 Å². The molecule has 0 amide bonds. The Hall–Kier alpha value is -0.970. The number of aliphatic hydroxyl groups excluding tert-OH is 1. The maximum Gasteiger partial charge on any atom is 0.0599 e. The zero-order valence-electron chi connectivity index (χ0n) is 12.2. The fraction of sp³-hybridized carbons (Fsp3) is 0.667. The summed E-state index contributed by atoms with van der Waals surface area (Å²) >= 11 is 0. The molecule has 1 aromatic heterocycles. The number of rotatable bonds is 3. The van der Waals surface area contributed by atoms with Crippen molar-refractivity contribution >= 4 is 0 Å². The lowest BCUT2D eigenvalue weighted by molar-refractivity contribution is 0.0968. The van der Waals surface area contributed by atoms with Gasteiger partial charge in [-0.1, -0.05) is 19.9 Å². The van der Waals surface area contributed by atoms with Gasteiger partial charge in [-0.15, -0.1) is 0 Å². The summed E-state index contributed by atoms with van der Waals surface area (Å²) < 4.78 is 0. The molecule has 1 aromatic rings. The van der Waals surface area contributed by atoms with Crippen LogP contribution in [0.25, 0.3) is 0 Å². The molecule has 0 aliphatic carbocycles. The van der Waals surface area contributed by atoms with E-state index in [1.54, 1.807) is 0 Å². The number of likely N-dealkylation sites (N-methyl/N-ethyl adjacent to an activating group) is 1. The minimum atomic E-state index is 0.189. The zero-order chi connectivity index (χ0) is 13.9. The Bertz CT molecular complexity index is 394. The molecule has 0 aromatic carbocycles. The molecule has 1 aliphatic rings. The predicted molar refractivity (Wildman–Crippen MR) is 76.8 cm³/mol. The third-order valence-electron chi connectivity index (χ3n) is 3.67. The van der Waals surface area contributed by atoms with Crippen molar-refractivity contribution in [2.45, 2.75) is 26.4 Å². The smallest absolute Gasteiger partial charge is 0.0599 e. The zero-order valence-corrected chi connectivity index (χ0v) is 12.2. The van der Waals surface area contributed by atoms with E-state index in [0.29, 0.717) is 0 Å². The molecule has 19 heavy (non-hydrogen) atoms. The van der Waals surface area contributed by atoms with Crippen LogP contribution in [-0.2, 0) is 6.54 Å². The lowest BCUT2D eigenvalue weighted by Crippen LogP contribution is -2.43. The Morgan fingerprint density at radius 3 is 2.79 bits per heavy atom. The van der Waals surface area contributed by atoms with Gasteiger partial charge in [-0.05, 0) is 24.6 Å². The molecule has 0 saturated carbocycles. The van der Waals surface area contributed by atoms with Crippen molar-refractivity contribution in [1.29, 1.82) is 0 Å². The Labute approximate surface area is 116 Å². The number of nitrogens with zero attached hydrogens (tertiary/aromatic N) is 3. The van der Waals surface area contributed by atoms with Crippen LogP contribution in [0.4, 0.5) is 0 Å². The van der Waals surface area contributed by atoms with Crippen LogP contribution in [0.2, 0.25) is 0 Å². The molecule has 0 spiro atoms. The molecule has 0 radical (unpaired) electrons. The van der Waals surface area contributed by atoms with Crippen LogP contribution in [0, 0.1) is 5.41 Å². The largest absolute Gasteiger partial charge is 0.395 e. The van der Waals surface area contributed by atoms with E-state index in [0.717, 1.165) is 31.9 Å². The van der Waals surface area contributed by atoms with Crippen LogP contribution >= 0.6 is 0 Å². The molecule has 2 heterocycles. The summed E-state index contributed by atoms with van der Waals surface area (Å²) in [5.74, 6) is 0. The van der Waals surface area contributed by atoms with Gasteiger partial charge in [0, 0.05) is 38.4 Å². The number of hydrogen-bond donors (Lipinski definition) is 1. The third kappa shape index (κ3) is 4.00. The summed E-state index contributed by atoms with van der Waals surface area (Å²) in [4.78, 5) is 9.09. The fourth-order valence-electron chi connectivity index (χ4n) is 3.06. The lowest BCUT2D eigenvalue weighted by Gasteiger charge is -2.32. The SMILES string of the molecule is CN1CC(CO)N(Cc2ccccn2)CC(C)(C)C1. The highest BCUT2D eigenvalue weighted by molar-refractivity contribution is 5.04. The predicted octanol–water partition coefficient (Wildman–Crippen LogP) is 1.22. The Balaban J connectivity index is 2.14. The van der Waals surface area contributed by atoms with Crippen molar-refractivity contribution in [3.63, 3.8) is 0 Å². The maximum atomic E-state index is 9.66. The van der Waals surface area contributed by atoms with E-state index in [1.807, 2.05) is 18.3 Å². The first-order valence-corrected chi connectivity index (χ1v) is 6.93. The third-order valence-corrected chi connectivity index (χ3v) is 3.67. The Morgan fingerprint density at radius 1 is 1.37 bits per heavy atom. The van der Waals surface area contributed by atoms with Crippen LogP contribution in [0.5, 0.6) is 0 Å². The lowest BCUT2D eigenvalue weighted by atomic mass is 9.92. The first kappa shape index (κ1) is 14.4. The molecule has 1 atom stereocenters. The van der Waals surface area contributed by atoms with Crippen molar-refractivity contribution in [1.82, 2.24) is 14.8 Å². The van der Waals surface area contributed by atoms with Crippen molar-refractivity contribution < 1.29 is 5.11 Å². The minimum Gasteiger partial charge on any atom is -0.395 e. The molecule has 1 N–H and O–H groups in total. The average Bonchev–Trinajstić information content (AvgIpc) is 2.45. The van der Waals surface area contributed by atoms with E-state index in [4.69, 9.17) is 0 Å². The van der Waals surface area contributed by atoms with Crippen molar-refractivity contribution in [3.8, 4) is 0 Å². The molecule has 4 nitrogen and oxygen atoms in total. The van der Waals surface area contributed by atoms with Gasteiger partial charge in [-0.2, -0.15) is 0 Å². The summed E-state index contributed by atoms with van der Waals surface area (Å²) in [6.45, 7) is 8.54. The van der Waals surface area contributed by atoms with Gasteiger partial charge in [0.15, 0.2) is 0 Å². The molecule has 4 heteroatoms. The van der Waals surface area contributed by atoms with E-state index in [1.165, 1.54) is 0 Å². The molecule has 2 rings (SSSR count). The van der Waals surface area contributed by atoms with Gasteiger partial charge in [-0.3, -0.25) is 9.88 Å². The summed E-state index contributed by atoms with van der Waals surface area (Å²) in [5.41, 5.74) is 1.30. The molecule has 1 fully saturated rings. The highest BCUT2D eigenvalue weighted by Crippen LogP contribution is 2.24. The van der Waals surface area contributed by atoms with Gasteiger partial charge >= 0.3 is 0 Å². The first-order valence-electron chi connectivity index (χ1n) is 6.93. The second kappa shape index (κ2) is 5.99. The van der Waals surface area contributed by atoms with E-state index in [-0.39, 0.29) is 18.1 Å².